The first kappa shape index (κ1) is 16.2. The number of methoxy groups -OCH3 is 1. The number of rotatable bonds is 4. The number of fused-ring (bicyclic) bond motifs is 1. The Morgan fingerprint density at radius 3 is 2.28 bits per heavy atom. The lowest BCUT2D eigenvalue weighted by Gasteiger charge is -2.09. The fourth-order valence-corrected chi connectivity index (χ4v) is 2.65. The van der Waals surface area contributed by atoms with Gasteiger partial charge in [-0.1, -0.05) is 18.2 Å². The van der Waals surface area contributed by atoms with E-state index in [4.69, 9.17) is 20.0 Å². The summed E-state index contributed by atoms with van der Waals surface area (Å²) in [6, 6.07) is 18.8. The van der Waals surface area contributed by atoms with Gasteiger partial charge in [0.15, 0.2) is 0 Å². The Balaban J connectivity index is 2.16. The van der Waals surface area contributed by atoms with Crippen LogP contribution in [0.3, 0.4) is 0 Å². The van der Waals surface area contributed by atoms with Crippen LogP contribution >= 0.6 is 0 Å². The predicted molar refractivity (Wildman–Crippen MR) is 95.2 cm³/mol. The van der Waals surface area contributed by atoms with Gasteiger partial charge in [-0.15, -0.1) is 0 Å². The Bertz CT molecular complexity index is 1020. The van der Waals surface area contributed by atoms with Gasteiger partial charge in [0, 0.05) is 18.0 Å². The number of para-hydroxylation sites is 1. The van der Waals surface area contributed by atoms with Crippen molar-refractivity contribution in [2.45, 2.75) is 0 Å². The molecule has 0 aliphatic rings. The fourth-order valence-electron chi connectivity index (χ4n) is 2.65. The number of aromatic nitrogens is 1. The molecule has 2 aromatic carbocycles. The highest BCUT2D eigenvalue weighted by Gasteiger charge is 2.16. The van der Waals surface area contributed by atoms with Crippen molar-refractivity contribution in [3.8, 4) is 29.5 Å². The first-order valence-corrected chi connectivity index (χ1v) is 7.59. The maximum Gasteiger partial charge on any atom is 0.208 e. The number of nitrogens with zero attached hydrogens (tertiary/aromatic N) is 3. The molecule has 1 heterocycles. The Hall–Kier alpha value is -3.70. The number of ether oxygens (including phenoxy) is 2. The van der Waals surface area contributed by atoms with Crippen molar-refractivity contribution in [1.29, 1.82) is 10.5 Å². The Morgan fingerprint density at radius 1 is 1.00 bits per heavy atom. The van der Waals surface area contributed by atoms with Crippen LogP contribution in [0.2, 0.25) is 0 Å². The third-order valence-electron chi connectivity index (χ3n) is 3.89. The molecule has 0 spiro atoms. The lowest BCUT2D eigenvalue weighted by molar-refractivity contribution is 0.411. The van der Waals surface area contributed by atoms with E-state index in [0.717, 1.165) is 16.7 Å². The van der Waals surface area contributed by atoms with E-state index in [1.165, 1.54) is 0 Å². The quantitative estimate of drug-likeness (QED) is 0.665. The molecule has 0 atom stereocenters. The van der Waals surface area contributed by atoms with Gasteiger partial charge in [0.1, 0.15) is 29.2 Å². The van der Waals surface area contributed by atoms with Gasteiger partial charge >= 0.3 is 0 Å². The van der Waals surface area contributed by atoms with Gasteiger partial charge in [-0.2, -0.15) is 10.5 Å². The summed E-state index contributed by atoms with van der Waals surface area (Å²) in [6.45, 7) is 0. The number of nitriles is 2. The number of aryl methyl sites for hydroxylation is 1. The van der Waals surface area contributed by atoms with E-state index in [1.807, 2.05) is 60.2 Å². The van der Waals surface area contributed by atoms with Crippen molar-refractivity contribution in [3.05, 3.63) is 59.7 Å². The largest absolute Gasteiger partial charge is 0.497 e. The van der Waals surface area contributed by atoms with Gasteiger partial charge in [0.25, 0.3) is 0 Å². The number of hydrogen-bond donors (Lipinski definition) is 0. The highest BCUT2D eigenvalue weighted by atomic mass is 16.5. The highest BCUT2D eigenvalue weighted by molar-refractivity contribution is 5.94. The molecule has 1 aromatic heterocycles. The fraction of sp³-hybridized carbons (Fsp3) is 0.100. The second kappa shape index (κ2) is 6.82. The molecule has 0 radical (unpaired) electrons. The second-order valence-corrected chi connectivity index (χ2v) is 5.35. The van der Waals surface area contributed by atoms with E-state index in [9.17, 15) is 0 Å². The summed E-state index contributed by atoms with van der Waals surface area (Å²) in [5.74, 6) is 1.94. The molecule has 3 rings (SSSR count). The van der Waals surface area contributed by atoms with Crippen molar-refractivity contribution in [2.75, 3.05) is 7.11 Å². The van der Waals surface area contributed by atoms with E-state index < -0.39 is 0 Å². The van der Waals surface area contributed by atoms with Crippen molar-refractivity contribution in [3.63, 3.8) is 0 Å². The summed E-state index contributed by atoms with van der Waals surface area (Å²) in [6.07, 6.45) is 1.56. The van der Waals surface area contributed by atoms with E-state index in [-0.39, 0.29) is 5.57 Å². The van der Waals surface area contributed by atoms with Gasteiger partial charge in [-0.25, -0.2) is 0 Å². The molecule has 0 aliphatic heterocycles. The smallest absolute Gasteiger partial charge is 0.208 e. The van der Waals surface area contributed by atoms with Crippen LogP contribution in [0.15, 0.2) is 54.1 Å². The Labute approximate surface area is 145 Å². The molecule has 3 aromatic rings. The van der Waals surface area contributed by atoms with Crippen molar-refractivity contribution < 1.29 is 9.47 Å². The second-order valence-electron chi connectivity index (χ2n) is 5.35. The molecule has 0 amide bonds. The summed E-state index contributed by atoms with van der Waals surface area (Å²) >= 11 is 0. The van der Waals surface area contributed by atoms with E-state index in [1.54, 1.807) is 25.3 Å². The maximum absolute atomic E-state index is 9.10. The first-order chi connectivity index (χ1) is 12.2. The van der Waals surface area contributed by atoms with Crippen molar-refractivity contribution in [2.24, 2.45) is 7.05 Å². The van der Waals surface area contributed by atoms with Crippen LogP contribution in [0.1, 0.15) is 5.56 Å². The summed E-state index contributed by atoms with van der Waals surface area (Å²) in [5, 5.41) is 19.1. The lowest BCUT2D eigenvalue weighted by atomic mass is 10.1. The molecule has 0 bridgehead atoms. The lowest BCUT2D eigenvalue weighted by Crippen LogP contribution is -1.94. The van der Waals surface area contributed by atoms with E-state index in [0.29, 0.717) is 17.2 Å². The molecule has 0 aliphatic carbocycles. The van der Waals surface area contributed by atoms with Crippen LogP contribution in [-0.4, -0.2) is 11.7 Å². The predicted octanol–water partition coefficient (Wildman–Crippen LogP) is 4.41. The normalized spacial score (nSPS) is 9.92. The molecule has 5 heteroatoms. The van der Waals surface area contributed by atoms with Crippen LogP contribution in [-0.2, 0) is 7.05 Å². The zero-order chi connectivity index (χ0) is 17.8. The Morgan fingerprint density at radius 2 is 1.64 bits per heavy atom. The van der Waals surface area contributed by atoms with Crippen LogP contribution in [0, 0.1) is 22.7 Å². The van der Waals surface area contributed by atoms with Gasteiger partial charge in [-0.05, 0) is 36.4 Å². The van der Waals surface area contributed by atoms with Gasteiger partial charge in [0.2, 0.25) is 5.88 Å². The minimum atomic E-state index is 0.0240. The average Bonchev–Trinajstić information content (AvgIpc) is 2.92. The monoisotopic (exact) mass is 329 g/mol. The molecule has 0 N–H and O–H groups in total. The van der Waals surface area contributed by atoms with Gasteiger partial charge < -0.3 is 14.0 Å². The summed E-state index contributed by atoms with van der Waals surface area (Å²) in [7, 11) is 3.49. The van der Waals surface area contributed by atoms with Gasteiger partial charge in [0.05, 0.1) is 12.6 Å². The summed E-state index contributed by atoms with van der Waals surface area (Å²) < 4.78 is 13.1. The number of benzene rings is 2. The molecule has 5 nitrogen and oxygen atoms in total. The van der Waals surface area contributed by atoms with Gasteiger partial charge in [-0.3, -0.25) is 0 Å². The molecule has 0 fully saturated rings. The van der Waals surface area contributed by atoms with Crippen LogP contribution in [0.25, 0.3) is 17.0 Å². The third kappa shape index (κ3) is 3.04. The number of allylic oxidation sites excluding steroid dienone is 1. The van der Waals surface area contributed by atoms with Crippen LogP contribution in [0.4, 0.5) is 0 Å². The maximum atomic E-state index is 9.10. The van der Waals surface area contributed by atoms with Crippen molar-refractivity contribution in [1.82, 2.24) is 4.57 Å². The zero-order valence-electron chi connectivity index (χ0n) is 13.9. The molecule has 122 valence electrons. The molecular formula is C20H15N3O2. The van der Waals surface area contributed by atoms with Crippen molar-refractivity contribution >= 4 is 17.0 Å². The van der Waals surface area contributed by atoms with Crippen LogP contribution < -0.4 is 9.47 Å². The first-order valence-electron chi connectivity index (χ1n) is 7.59. The van der Waals surface area contributed by atoms with E-state index >= 15 is 0 Å². The van der Waals surface area contributed by atoms with E-state index in [2.05, 4.69) is 0 Å². The SMILES string of the molecule is COc1ccc(Oc2c(C=C(C#N)C#N)c3ccccc3n2C)cc1. The highest BCUT2D eigenvalue weighted by Crippen LogP contribution is 2.36. The minimum absolute atomic E-state index is 0.0240. The summed E-state index contributed by atoms with van der Waals surface area (Å²) in [5.41, 5.74) is 1.68. The molecule has 25 heavy (non-hydrogen) atoms. The molecule has 0 unspecified atom stereocenters. The minimum Gasteiger partial charge on any atom is -0.497 e. The number of hydrogen-bond acceptors (Lipinski definition) is 4. The Kier molecular flexibility index (Phi) is 4.41. The topological polar surface area (TPSA) is 71.0 Å². The third-order valence-corrected chi connectivity index (χ3v) is 3.89. The summed E-state index contributed by atoms with van der Waals surface area (Å²) in [4.78, 5) is 0. The molecular weight excluding hydrogens is 314 g/mol. The molecule has 0 saturated carbocycles. The average molecular weight is 329 g/mol. The molecule has 0 saturated heterocycles. The zero-order valence-corrected chi connectivity index (χ0v) is 13.9. The van der Waals surface area contributed by atoms with Crippen LogP contribution in [0.5, 0.6) is 17.4 Å². The standard InChI is InChI=1S/C20H15N3O2/c1-23-19-6-4-3-5-17(19)18(11-14(12-21)13-22)20(23)25-16-9-7-15(24-2)8-10-16/h3-11H,1-2H3.